The summed E-state index contributed by atoms with van der Waals surface area (Å²) in [6.07, 6.45) is 9.93. The quantitative estimate of drug-likeness (QED) is 0.199. The predicted molar refractivity (Wildman–Crippen MR) is 172 cm³/mol. The third kappa shape index (κ3) is 5.30. The Morgan fingerprint density at radius 1 is 1.09 bits per heavy atom. The molecule has 1 saturated heterocycles. The summed E-state index contributed by atoms with van der Waals surface area (Å²) in [5.74, 6) is 7.66. The van der Waals surface area contributed by atoms with Crippen molar-refractivity contribution in [2.24, 2.45) is 5.41 Å². The number of carboxylic acid groups (broad SMARTS) is 1. The second kappa shape index (κ2) is 11.2. The zero-order valence-corrected chi connectivity index (χ0v) is 26.5. The number of carbonyl (C=O) groups is 1. The molecule has 3 aromatic heterocycles. The van der Waals surface area contributed by atoms with E-state index in [9.17, 15) is 14.3 Å². The van der Waals surface area contributed by atoms with Crippen molar-refractivity contribution in [1.29, 1.82) is 0 Å². The SMILES string of the molecule is O=C(O)c1cc2ccc(C#CC34CCC(OCc5c(-c6c(Cl)cncc6Cl)noc5C5CC5)(CC3)CC4)cc2c(N2CC(F)C2)n1. The van der Waals surface area contributed by atoms with Crippen LogP contribution in [0.4, 0.5) is 10.2 Å². The van der Waals surface area contributed by atoms with Gasteiger partial charge in [0, 0.05) is 45.8 Å². The Balaban J connectivity index is 0.999. The smallest absolute Gasteiger partial charge is 0.354 e. The van der Waals surface area contributed by atoms with Gasteiger partial charge in [0.05, 0.1) is 35.3 Å². The molecule has 0 radical (unpaired) electrons. The van der Waals surface area contributed by atoms with Crippen molar-refractivity contribution in [3.8, 4) is 23.1 Å². The number of anilines is 1. The van der Waals surface area contributed by atoms with Crippen LogP contribution in [0.1, 0.15) is 84.7 Å². The number of carboxylic acids is 1. The molecule has 9 rings (SSSR count). The first-order chi connectivity index (χ1) is 22.2. The second-order valence-corrected chi connectivity index (χ2v) is 14.0. The Hall–Kier alpha value is -3.71. The van der Waals surface area contributed by atoms with Crippen molar-refractivity contribution >= 4 is 45.8 Å². The summed E-state index contributed by atoms with van der Waals surface area (Å²) < 4.78 is 26.3. The average molecular weight is 662 g/mol. The van der Waals surface area contributed by atoms with Gasteiger partial charge in [0.1, 0.15) is 23.4 Å². The van der Waals surface area contributed by atoms with E-state index in [1.165, 1.54) is 0 Å². The van der Waals surface area contributed by atoms with Gasteiger partial charge in [-0.1, -0.05) is 46.3 Å². The first-order valence-electron chi connectivity index (χ1n) is 15.7. The number of rotatable bonds is 7. The Morgan fingerprint density at radius 2 is 1.80 bits per heavy atom. The lowest BCUT2D eigenvalue weighted by Gasteiger charge is -2.51. The number of hydrogen-bond acceptors (Lipinski definition) is 7. The van der Waals surface area contributed by atoms with E-state index >= 15 is 0 Å². The maximum Gasteiger partial charge on any atom is 0.354 e. The minimum absolute atomic E-state index is 0.0494. The molecule has 46 heavy (non-hydrogen) atoms. The number of pyridine rings is 2. The van der Waals surface area contributed by atoms with E-state index in [0.717, 1.165) is 79.0 Å². The molecular formula is C35H31Cl2FN4O4. The van der Waals surface area contributed by atoms with E-state index in [-0.39, 0.29) is 29.8 Å². The Labute approximate surface area is 275 Å². The van der Waals surface area contributed by atoms with Crippen molar-refractivity contribution < 1.29 is 23.6 Å². The summed E-state index contributed by atoms with van der Waals surface area (Å²) in [7, 11) is 0. The van der Waals surface area contributed by atoms with Gasteiger partial charge in [-0.15, -0.1) is 0 Å². The monoisotopic (exact) mass is 660 g/mol. The fourth-order valence-electron chi connectivity index (χ4n) is 7.20. The van der Waals surface area contributed by atoms with Crippen LogP contribution in [0.25, 0.3) is 22.0 Å². The average Bonchev–Trinajstić information content (AvgIpc) is 3.81. The molecule has 1 N–H and O–H groups in total. The van der Waals surface area contributed by atoms with Crippen LogP contribution in [0, 0.1) is 17.3 Å². The fourth-order valence-corrected chi connectivity index (χ4v) is 7.75. The summed E-state index contributed by atoms with van der Waals surface area (Å²) in [4.78, 5) is 21.9. The highest BCUT2D eigenvalue weighted by Crippen LogP contribution is 2.54. The number of hydrogen-bond donors (Lipinski definition) is 1. The van der Waals surface area contributed by atoms with Crippen LogP contribution in [0.15, 0.2) is 41.2 Å². The molecule has 4 heterocycles. The fraction of sp³-hybridized carbons (Fsp3) is 0.429. The van der Waals surface area contributed by atoms with E-state index < -0.39 is 12.1 Å². The van der Waals surface area contributed by atoms with E-state index in [1.54, 1.807) is 23.4 Å². The zero-order valence-electron chi connectivity index (χ0n) is 25.0. The number of alkyl halides is 1. The summed E-state index contributed by atoms with van der Waals surface area (Å²) >= 11 is 13.0. The third-order valence-electron chi connectivity index (χ3n) is 10.2. The third-order valence-corrected chi connectivity index (χ3v) is 10.8. The van der Waals surface area contributed by atoms with E-state index in [2.05, 4.69) is 27.0 Å². The summed E-state index contributed by atoms with van der Waals surface area (Å²) in [5, 5.41) is 16.3. The highest BCUT2D eigenvalue weighted by Gasteiger charge is 2.49. The Morgan fingerprint density at radius 3 is 2.46 bits per heavy atom. The molecule has 236 valence electrons. The van der Waals surface area contributed by atoms with Crippen molar-refractivity contribution in [2.75, 3.05) is 18.0 Å². The highest BCUT2D eigenvalue weighted by molar-refractivity contribution is 6.38. The molecule has 5 aliphatic rings. The van der Waals surface area contributed by atoms with E-state index in [1.807, 2.05) is 18.2 Å². The van der Waals surface area contributed by atoms with Crippen LogP contribution in [0.2, 0.25) is 10.0 Å². The maximum atomic E-state index is 13.7. The number of aromatic carboxylic acids is 1. The number of halogens is 3. The van der Waals surface area contributed by atoms with Gasteiger partial charge in [-0.05, 0) is 75.0 Å². The van der Waals surface area contributed by atoms with Gasteiger partial charge in [0.25, 0.3) is 0 Å². The molecule has 0 atom stereocenters. The first kappa shape index (κ1) is 29.7. The molecule has 0 amide bonds. The molecule has 4 aromatic rings. The minimum Gasteiger partial charge on any atom is -0.477 e. The van der Waals surface area contributed by atoms with Crippen molar-refractivity contribution in [3.63, 3.8) is 0 Å². The molecule has 4 aliphatic carbocycles. The van der Waals surface area contributed by atoms with E-state index in [4.69, 9.17) is 32.5 Å². The minimum atomic E-state index is -1.11. The predicted octanol–water partition coefficient (Wildman–Crippen LogP) is 7.99. The standard InChI is InChI=1S/C35H31Cl2FN4O4/c36-26-15-39-16-27(37)29(26)30-25(31(46-41-30)21-3-4-21)19-45-35-10-7-34(8-11-35,9-12-35)6-5-20-1-2-22-14-28(33(43)44)40-32(24(22)13-20)42-17-23(38)18-42/h1-2,13-16,21,23H,3-4,7-12,17-19H2,(H,43,44). The number of nitrogens with zero attached hydrogens (tertiary/aromatic N) is 4. The molecule has 1 aliphatic heterocycles. The van der Waals surface area contributed by atoms with Gasteiger partial charge < -0.3 is 19.3 Å². The molecule has 4 saturated carbocycles. The highest BCUT2D eigenvalue weighted by atomic mass is 35.5. The van der Waals surface area contributed by atoms with Gasteiger partial charge >= 0.3 is 5.97 Å². The molecule has 2 bridgehead atoms. The van der Waals surface area contributed by atoms with Crippen LogP contribution in [-0.2, 0) is 11.3 Å². The number of ether oxygens (including phenoxy) is 1. The topological polar surface area (TPSA) is 102 Å². The first-order valence-corrected chi connectivity index (χ1v) is 16.5. The second-order valence-electron chi connectivity index (χ2n) is 13.2. The zero-order chi connectivity index (χ0) is 31.6. The molecular weight excluding hydrogens is 630 g/mol. The maximum absolute atomic E-state index is 13.7. The van der Waals surface area contributed by atoms with Gasteiger partial charge in [-0.2, -0.15) is 0 Å². The lowest BCUT2D eigenvalue weighted by atomic mass is 9.59. The van der Waals surface area contributed by atoms with Crippen molar-refractivity contribution in [3.05, 3.63) is 69.3 Å². The Kier molecular flexibility index (Phi) is 7.24. The van der Waals surface area contributed by atoms with Crippen LogP contribution in [0.3, 0.4) is 0 Å². The van der Waals surface area contributed by atoms with Crippen LogP contribution >= 0.6 is 23.2 Å². The lowest BCUT2D eigenvalue weighted by Crippen LogP contribution is -2.49. The largest absolute Gasteiger partial charge is 0.477 e. The number of aromatic nitrogens is 3. The van der Waals surface area contributed by atoms with Crippen LogP contribution < -0.4 is 4.90 Å². The lowest BCUT2D eigenvalue weighted by molar-refractivity contribution is -0.131. The summed E-state index contributed by atoms with van der Waals surface area (Å²) in [5.41, 5.74) is 2.68. The molecule has 11 heteroatoms. The molecule has 8 nitrogen and oxygen atoms in total. The Bertz CT molecular complexity index is 1900. The van der Waals surface area contributed by atoms with E-state index in [0.29, 0.717) is 39.6 Å². The van der Waals surface area contributed by atoms with Gasteiger partial charge in [0.2, 0.25) is 0 Å². The van der Waals surface area contributed by atoms with Crippen LogP contribution in [-0.4, -0.2) is 51.1 Å². The van der Waals surface area contributed by atoms with Crippen molar-refractivity contribution in [2.45, 2.75) is 75.7 Å². The van der Waals surface area contributed by atoms with Crippen molar-refractivity contribution in [1.82, 2.24) is 15.1 Å². The number of fused-ring (bicyclic) bond motifs is 4. The molecule has 0 spiro atoms. The van der Waals surface area contributed by atoms with Gasteiger partial charge in [-0.3, -0.25) is 4.98 Å². The summed E-state index contributed by atoms with van der Waals surface area (Å²) in [6, 6.07) is 7.31. The normalized spacial score (nSPS) is 24.1. The van der Waals surface area contributed by atoms with Gasteiger partial charge in [-0.25, -0.2) is 14.2 Å². The van der Waals surface area contributed by atoms with Crippen LogP contribution in [0.5, 0.6) is 0 Å². The molecule has 0 unspecified atom stereocenters. The summed E-state index contributed by atoms with van der Waals surface area (Å²) in [6.45, 7) is 0.800. The molecule has 5 fully saturated rings. The number of benzene rings is 1. The molecule has 1 aromatic carbocycles. The van der Waals surface area contributed by atoms with Gasteiger partial charge in [0.15, 0.2) is 5.69 Å².